The monoisotopic (exact) mass is 580 g/mol. The van der Waals surface area contributed by atoms with Gasteiger partial charge in [0.1, 0.15) is 0 Å². The molecule has 0 radical (unpaired) electrons. The number of carbonyl (C=O) groups is 2. The standard InChI is InChI=1S/C28H29BrN4O3S/c1-27(2,3)20-14-19(15-21(24(20)35)28(4,5)6)32-33-25(23-8-7-13-36-23)30-31-26(33)37-16-22(34)17-9-11-18(29)12-10-17/h7-15H,16H2,1-6H3. The molecule has 7 nitrogen and oxygen atoms in total. The molecular formula is C28H29BrN4O3S. The summed E-state index contributed by atoms with van der Waals surface area (Å²) in [5.41, 5.74) is 1.85. The largest absolute Gasteiger partial charge is 0.461 e. The van der Waals surface area contributed by atoms with Gasteiger partial charge >= 0.3 is 0 Å². The average Bonchev–Trinajstić information content (AvgIpc) is 3.47. The summed E-state index contributed by atoms with van der Waals surface area (Å²) < 4.78 is 8.07. The van der Waals surface area contributed by atoms with E-state index in [0.717, 1.165) is 4.47 Å². The number of carbonyl (C=O) groups excluding carboxylic acids is 2. The molecule has 4 rings (SSSR count). The number of hydrogen-bond donors (Lipinski definition) is 0. The SMILES string of the molecule is CC(C)(C)C1=CC(=Nn2c(SCC(=O)c3ccc(Br)cc3)nnc2-c2ccco2)C=C(C(C)(C)C)C1=O. The van der Waals surface area contributed by atoms with Crippen LogP contribution in [0.25, 0.3) is 11.6 Å². The number of aromatic nitrogens is 3. The van der Waals surface area contributed by atoms with Crippen molar-refractivity contribution in [2.75, 3.05) is 5.75 Å². The molecule has 1 aromatic carbocycles. The third-order valence-corrected chi connectivity index (χ3v) is 7.21. The molecule has 0 amide bonds. The molecule has 2 heterocycles. The Hall–Kier alpha value is -3.04. The quantitative estimate of drug-likeness (QED) is 0.177. The van der Waals surface area contributed by atoms with Gasteiger partial charge in [-0.15, -0.1) is 10.2 Å². The Kier molecular flexibility index (Phi) is 7.57. The molecule has 2 aromatic heterocycles. The van der Waals surface area contributed by atoms with Gasteiger partial charge in [0.15, 0.2) is 17.3 Å². The summed E-state index contributed by atoms with van der Waals surface area (Å²) in [6.45, 7) is 12.1. The van der Waals surface area contributed by atoms with Crippen LogP contribution in [-0.2, 0) is 4.79 Å². The molecule has 0 saturated heterocycles. The minimum Gasteiger partial charge on any atom is -0.461 e. The lowest BCUT2D eigenvalue weighted by Crippen LogP contribution is -2.29. The Morgan fingerprint density at radius 2 is 1.62 bits per heavy atom. The van der Waals surface area contributed by atoms with Crippen molar-refractivity contribution in [1.29, 1.82) is 0 Å². The number of halogens is 1. The van der Waals surface area contributed by atoms with E-state index in [0.29, 0.717) is 39.2 Å². The van der Waals surface area contributed by atoms with Crippen LogP contribution >= 0.6 is 27.7 Å². The second-order valence-electron chi connectivity index (χ2n) is 10.8. The summed E-state index contributed by atoms with van der Waals surface area (Å²) in [5.74, 6) is 1.06. The zero-order valence-corrected chi connectivity index (χ0v) is 24.1. The lowest BCUT2D eigenvalue weighted by Gasteiger charge is -2.30. The molecule has 0 spiro atoms. The molecule has 0 atom stereocenters. The minimum absolute atomic E-state index is 0.0312. The van der Waals surface area contributed by atoms with Crippen molar-refractivity contribution in [2.45, 2.75) is 46.7 Å². The molecule has 0 saturated carbocycles. The van der Waals surface area contributed by atoms with E-state index in [1.807, 2.05) is 65.8 Å². The van der Waals surface area contributed by atoms with E-state index in [1.165, 1.54) is 11.8 Å². The van der Waals surface area contributed by atoms with Gasteiger partial charge in [-0.1, -0.05) is 81.4 Å². The molecule has 3 aromatic rings. The number of ketones is 2. The smallest absolute Gasteiger partial charge is 0.221 e. The molecule has 1 aliphatic rings. The van der Waals surface area contributed by atoms with E-state index in [9.17, 15) is 9.59 Å². The summed E-state index contributed by atoms with van der Waals surface area (Å²) in [7, 11) is 0. The zero-order valence-electron chi connectivity index (χ0n) is 21.7. The van der Waals surface area contributed by atoms with Crippen LogP contribution in [0.2, 0.25) is 0 Å². The van der Waals surface area contributed by atoms with Crippen LogP contribution in [0.3, 0.4) is 0 Å². The van der Waals surface area contributed by atoms with Crippen LogP contribution in [0.1, 0.15) is 51.9 Å². The van der Waals surface area contributed by atoms with Gasteiger partial charge < -0.3 is 4.42 Å². The summed E-state index contributed by atoms with van der Waals surface area (Å²) in [6.07, 6.45) is 5.20. The fraction of sp³-hybridized carbons (Fsp3) is 0.321. The Balaban J connectivity index is 1.76. The van der Waals surface area contributed by atoms with Gasteiger partial charge in [0.05, 0.1) is 17.7 Å². The van der Waals surface area contributed by atoms with E-state index in [2.05, 4.69) is 26.1 Å². The van der Waals surface area contributed by atoms with Crippen LogP contribution in [0, 0.1) is 10.8 Å². The van der Waals surface area contributed by atoms with E-state index in [-0.39, 0.29) is 28.1 Å². The molecular weight excluding hydrogens is 552 g/mol. The fourth-order valence-electron chi connectivity index (χ4n) is 3.76. The topological polar surface area (TPSA) is 90.3 Å². The Morgan fingerprint density at radius 1 is 1.00 bits per heavy atom. The minimum atomic E-state index is -0.367. The first-order chi connectivity index (χ1) is 17.3. The van der Waals surface area contributed by atoms with E-state index in [4.69, 9.17) is 9.52 Å². The Labute approximate surface area is 229 Å². The molecule has 0 fully saturated rings. The van der Waals surface area contributed by atoms with Gasteiger partial charge in [0, 0.05) is 21.2 Å². The third-order valence-electron chi connectivity index (χ3n) is 5.76. The van der Waals surface area contributed by atoms with Crippen molar-refractivity contribution in [2.24, 2.45) is 15.9 Å². The number of benzene rings is 1. The van der Waals surface area contributed by atoms with Gasteiger partial charge in [-0.3, -0.25) is 9.59 Å². The van der Waals surface area contributed by atoms with Crippen molar-refractivity contribution < 1.29 is 14.0 Å². The van der Waals surface area contributed by atoms with Crippen LogP contribution in [0.15, 0.2) is 85.1 Å². The second kappa shape index (κ2) is 10.4. The van der Waals surface area contributed by atoms with E-state index < -0.39 is 0 Å². The highest BCUT2D eigenvalue weighted by Gasteiger charge is 2.34. The first-order valence-electron chi connectivity index (χ1n) is 11.8. The van der Waals surface area contributed by atoms with Gasteiger partial charge in [0.2, 0.25) is 11.0 Å². The molecule has 0 N–H and O–H groups in total. The lowest BCUT2D eigenvalue weighted by molar-refractivity contribution is -0.114. The molecule has 1 aliphatic carbocycles. The molecule has 37 heavy (non-hydrogen) atoms. The summed E-state index contributed by atoms with van der Waals surface area (Å²) in [4.78, 5) is 26.1. The van der Waals surface area contributed by atoms with Crippen molar-refractivity contribution in [3.05, 3.63) is 76.0 Å². The molecule has 192 valence electrons. The summed E-state index contributed by atoms with van der Waals surface area (Å²) in [6, 6.07) is 10.8. The summed E-state index contributed by atoms with van der Waals surface area (Å²) in [5, 5.41) is 13.9. The van der Waals surface area contributed by atoms with Crippen LogP contribution < -0.4 is 0 Å². The Bertz CT molecular complexity index is 1380. The highest BCUT2D eigenvalue weighted by molar-refractivity contribution is 9.10. The van der Waals surface area contributed by atoms with Gasteiger partial charge in [0.25, 0.3) is 0 Å². The highest BCUT2D eigenvalue weighted by atomic mass is 79.9. The third kappa shape index (κ3) is 6.10. The second-order valence-corrected chi connectivity index (χ2v) is 12.6. The van der Waals surface area contributed by atoms with Gasteiger partial charge in [-0.25, -0.2) is 0 Å². The maximum absolute atomic E-state index is 13.3. The Morgan fingerprint density at radius 3 is 2.16 bits per heavy atom. The first-order valence-corrected chi connectivity index (χ1v) is 13.6. The summed E-state index contributed by atoms with van der Waals surface area (Å²) >= 11 is 4.64. The van der Waals surface area contributed by atoms with Crippen LogP contribution in [0.5, 0.6) is 0 Å². The maximum atomic E-state index is 13.3. The van der Waals surface area contributed by atoms with Crippen molar-refractivity contribution in [3.8, 4) is 11.6 Å². The highest BCUT2D eigenvalue weighted by Crippen LogP contribution is 2.37. The molecule has 9 heteroatoms. The van der Waals surface area contributed by atoms with E-state index in [1.54, 1.807) is 35.2 Å². The van der Waals surface area contributed by atoms with E-state index >= 15 is 0 Å². The predicted molar refractivity (Wildman–Crippen MR) is 150 cm³/mol. The number of Topliss-reactive ketones (excluding diaryl/α,β-unsaturated/α-hetero) is 2. The fourth-order valence-corrected chi connectivity index (χ4v) is 4.79. The van der Waals surface area contributed by atoms with Crippen molar-refractivity contribution in [3.63, 3.8) is 0 Å². The molecule has 0 bridgehead atoms. The number of allylic oxidation sites excluding steroid dienone is 4. The number of hydrogen-bond acceptors (Lipinski definition) is 7. The first kappa shape index (κ1) is 27.0. The van der Waals surface area contributed by atoms with Gasteiger partial charge in [-0.05, 0) is 47.2 Å². The zero-order chi connectivity index (χ0) is 27.0. The number of nitrogens with zero attached hydrogens (tertiary/aromatic N) is 4. The predicted octanol–water partition coefficient (Wildman–Crippen LogP) is 7.01. The number of furan rings is 1. The van der Waals surface area contributed by atoms with Crippen LogP contribution in [-0.4, -0.2) is 37.9 Å². The van der Waals surface area contributed by atoms with Crippen molar-refractivity contribution >= 4 is 45.0 Å². The molecule has 0 unspecified atom stereocenters. The lowest BCUT2D eigenvalue weighted by atomic mass is 9.72. The van der Waals surface area contributed by atoms with Gasteiger partial charge in [-0.2, -0.15) is 9.78 Å². The number of rotatable bonds is 6. The number of thioether (sulfide) groups is 1. The maximum Gasteiger partial charge on any atom is 0.221 e. The molecule has 0 aliphatic heterocycles. The van der Waals surface area contributed by atoms with Crippen LogP contribution in [0.4, 0.5) is 0 Å². The van der Waals surface area contributed by atoms with Crippen molar-refractivity contribution in [1.82, 2.24) is 14.9 Å². The average molecular weight is 582 g/mol. The normalized spacial score (nSPS) is 14.5.